The van der Waals surface area contributed by atoms with Gasteiger partial charge in [-0.15, -0.1) is 0 Å². The Labute approximate surface area is 205 Å². The van der Waals surface area contributed by atoms with Gasteiger partial charge in [0.15, 0.2) is 0 Å². The van der Waals surface area contributed by atoms with Gasteiger partial charge in [-0.25, -0.2) is 0 Å². The minimum atomic E-state index is -1.11. The minimum Gasteiger partial charge on any atom is -0.481 e. The van der Waals surface area contributed by atoms with E-state index in [0.29, 0.717) is 31.1 Å². The number of carbonyl (C=O) groups is 2. The monoisotopic (exact) mass is 485 g/mol. The summed E-state index contributed by atoms with van der Waals surface area (Å²) in [5.41, 5.74) is 5.06. The number of carboxylic acid groups (broad SMARTS) is 2. The summed E-state index contributed by atoms with van der Waals surface area (Å²) in [4.78, 5) is 25.7. The molecule has 2 aliphatic rings. The van der Waals surface area contributed by atoms with Crippen molar-refractivity contribution in [2.75, 3.05) is 31.5 Å². The van der Waals surface area contributed by atoms with Gasteiger partial charge in [0.2, 0.25) is 0 Å². The molecule has 34 heavy (non-hydrogen) atoms. The highest BCUT2D eigenvalue weighted by Crippen LogP contribution is 2.38. The molecule has 2 atom stereocenters. The number of nitrogens with one attached hydrogen (secondary N) is 2. The zero-order valence-corrected chi connectivity index (χ0v) is 20.0. The molecule has 8 heteroatoms. The molecule has 182 valence electrons. The van der Waals surface area contributed by atoms with E-state index in [1.165, 1.54) is 31.5 Å². The first kappa shape index (κ1) is 24.5. The fourth-order valence-electron chi connectivity index (χ4n) is 5.12. The van der Waals surface area contributed by atoms with E-state index in [9.17, 15) is 19.8 Å². The molecule has 0 saturated carbocycles. The zero-order valence-electron chi connectivity index (χ0n) is 19.2. The highest BCUT2D eigenvalue weighted by molar-refractivity contribution is 6.33. The van der Waals surface area contributed by atoms with Crippen LogP contribution in [0.3, 0.4) is 0 Å². The molecule has 0 bridgehead atoms. The number of benzene rings is 2. The van der Waals surface area contributed by atoms with Crippen LogP contribution in [0.2, 0.25) is 5.02 Å². The standard InChI is InChI=1S/C26H32ClN3O4/c27-23-8-7-19-20(9-10-28-15-22(19)21(26(33)34)13-24(31)32)25(23)29-14-17-3-5-18(6-4-17)16-30-11-1-2-12-30/h3-8,21-22,28-29H,1-2,9-16H2,(H,31,32)(H,33,34). The van der Waals surface area contributed by atoms with Crippen LogP contribution in [0.5, 0.6) is 0 Å². The first-order valence-corrected chi connectivity index (χ1v) is 12.3. The van der Waals surface area contributed by atoms with Gasteiger partial charge in [0.1, 0.15) is 0 Å². The van der Waals surface area contributed by atoms with Crippen molar-refractivity contribution in [1.82, 2.24) is 10.2 Å². The SMILES string of the molecule is O=C(O)CC(C(=O)O)C1CNCCc2c1ccc(Cl)c2NCc1ccc(CN2CCCC2)cc1. The summed E-state index contributed by atoms with van der Waals surface area (Å²) in [6.07, 6.45) is 2.83. The number of likely N-dealkylation sites (tertiary alicyclic amines) is 1. The predicted octanol–water partition coefficient (Wildman–Crippen LogP) is 3.95. The number of fused-ring (bicyclic) bond motifs is 1. The lowest BCUT2D eigenvalue weighted by atomic mass is 9.81. The Balaban J connectivity index is 1.52. The van der Waals surface area contributed by atoms with Crippen molar-refractivity contribution in [2.24, 2.45) is 5.92 Å². The fourth-order valence-corrected chi connectivity index (χ4v) is 5.37. The van der Waals surface area contributed by atoms with Gasteiger partial charge in [0, 0.05) is 25.6 Å². The van der Waals surface area contributed by atoms with Gasteiger partial charge in [-0.1, -0.05) is 41.9 Å². The average Bonchev–Trinajstić information content (AvgIpc) is 3.22. The molecule has 0 aromatic heterocycles. The Morgan fingerprint density at radius 1 is 1.09 bits per heavy atom. The Morgan fingerprint density at radius 3 is 2.47 bits per heavy atom. The minimum absolute atomic E-state index is 0.413. The molecule has 1 fully saturated rings. The molecule has 4 rings (SSSR count). The van der Waals surface area contributed by atoms with Crippen molar-refractivity contribution >= 4 is 29.2 Å². The second kappa shape index (κ2) is 11.2. The van der Waals surface area contributed by atoms with E-state index in [-0.39, 0.29) is 0 Å². The molecule has 2 aromatic rings. The summed E-state index contributed by atoms with van der Waals surface area (Å²) in [6, 6.07) is 12.2. The lowest BCUT2D eigenvalue weighted by Crippen LogP contribution is -2.31. The van der Waals surface area contributed by atoms with E-state index >= 15 is 0 Å². The average molecular weight is 486 g/mol. The van der Waals surface area contributed by atoms with Crippen LogP contribution in [0.1, 0.15) is 47.4 Å². The van der Waals surface area contributed by atoms with Crippen molar-refractivity contribution in [3.8, 4) is 0 Å². The van der Waals surface area contributed by atoms with Crippen LogP contribution in [0.15, 0.2) is 36.4 Å². The second-order valence-electron chi connectivity index (χ2n) is 9.25. The maximum Gasteiger partial charge on any atom is 0.307 e. The van der Waals surface area contributed by atoms with Crippen LogP contribution in [-0.2, 0) is 29.1 Å². The second-order valence-corrected chi connectivity index (χ2v) is 9.65. The van der Waals surface area contributed by atoms with Crippen LogP contribution in [0.25, 0.3) is 0 Å². The van der Waals surface area contributed by atoms with E-state index < -0.39 is 30.2 Å². The van der Waals surface area contributed by atoms with Crippen LogP contribution in [0, 0.1) is 5.92 Å². The molecule has 7 nitrogen and oxygen atoms in total. The van der Waals surface area contributed by atoms with E-state index in [1.54, 1.807) is 6.07 Å². The zero-order chi connectivity index (χ0) is 24.1. The number of nitrogens with zero attached hydrogens (tertiary/aromatic N) is 1. The molecule has 0 radical (unpaired) electrons. The molecular formula is C26H32ClN3O4. The molecule has 2 aromatic carbocycles. The number of carboxylic acids is 2. The Hall–Kier alpha value is -2.61. The van der Waals surface area contributed by atoms with Gasteiger partial charge in [0.25, 0.3) is 0 Å². The van der Waals surface area contributed by atoms with Crippen LogP contribution < -0.4 is 10.6 Å². The first-order chi connectivity index (χ1) is 16.4. The number of hydrogen-bond donors (Lipinski definition) is 4. The first-order valence-electron chi connectivity index (χ1n) is 11.9. The molecule has 0 spiro atoms. The summed E-state index contributed by atoms with van der Waals surface area (Å²) in [5, 5.41) is 26.3. The van der Waals surface area contributed by atoms with E-state index in [1.807, 2.05) is 6.07 Å². The van der Waals surface area contributed by atoms with Crippen molar-refractivity contribution in [3.05, 3.63) is 63.7 Å². The van der Waals surface area contributed by atoms with Gasteiger partial charge < -0.3 is 20.8 Å². The number of halogens is 1. The molecular weight excluding hydrogens is 454 g/mol. The van der Waals surface area contributed by atoms with Crippen molar-refractivity contribution in [2.45, 2.75) is 44.7 Å². The van der Waals surface area contributed by atoms with E-state index in [2.05, 4.69) is 39.8 Å². The van der Waals surface area contributed by atoms with Gasteiger partial charge in [-0.3, -0.25) is 14.5 Å². The van der Waals surface area contributed by atoms with E-state index in [4.69, 9.17) is 11.6 Å². The highest BCUT2D eigenvalue weighted by Gasteiger charge is 2.34. The molecule has 0 amide bonds. The fraction of sp³-hybridized carbons (Fsp3) is 0.462. The normalized spacial score (nSPS) is 19.3. The Bertz CT molecular complexity index is 1020. The maximum absolute atomic E-state index is 11.9. The van der Waals surface area contributed by atoms with Crippen molar-refractivity contribution in [3.63, 3.8) is 0 Å². The highest BCUT2D eigenvalue weighted by atomic mass is 35.5. The predicted molar refractivity (Wildman–Crippen MR) is 132 cm³/mol. The summed E-state index contributed by atoms with van der Waals surface area (Å²) >= 11 is 6.58. The van der Waals surface area contributed by atoms with Crippen molar-refractivity contribution in [1.29, 1.82) is 0 Å². The third kappa shape index (κ3) is 5.90. The largest absolute Gasteiger partial charge is 0.481 e. The third-order valence-corrected chi connectivity index (χ3v) is 7.22. The lowest BCUT2D eigenvalue weighted by molar-refractivity contribution is -0.149. The Morgan fingerprint density at radius 2 is 1.79 bits per heavy atom. The molecule has 4 N–H and O–H groups in total. The molecule has 2 unspecified atom stereocenters. The van der Waals surface area contributed by atoms with Crippen molar-refractivity contribution < 1.29 is 19.8 Å². The van der Waals surface area contributed by atoms with Gasteiger partial charge >= 0.3 is 11.9 Å². The summed E-state index contributed by atoms with van der Waals surface area (Å²) in [7, 11) is 0. The van der Waals surface area contributed by atoms with Gasteiger partial charge in [-0.2, -0.15) is 0 Å². The number of rotatable bonds is 9. The summed E-state index contributed by atoms with van der Waals surface area (Å²) < 4.78 is 0. The molecule has 1 saturated heterocycles. The number of hydrogen-bond acceptors (Lipinski definition) is 5. The number of anilines is 1. The van der Waals surface area contributed by atoms with Crippen LogP contribution in [0.4, 0.5) is 5.69 Å². The van der Waals surface area contributed by atoms with E-state index in [0.717, 1.165) is 28.9 Å². The summed E-state index contributed by atoms with van der Waals surface area (Å²) in [5.74, 6) is -3.67. The third-order valence-electron chi connectivity index (χ3n) is 6.91. The molecule has 2 heterocycles. The Kier molecular flexibility index (Phi) is 8.08. The van der Waals surface area contributed by atoms with Gasteiger partial charge in [0.05, 0.1) is 23.0 Å². The molecule has 0 aliphatic carbocycles. The van der Waals surface area contributed by atoms with Crippen LogP contribution in [-0.4, -0.2) is 53.2 Å². The quantitative estimate of drug-likeness (QED) is 0.426. The van der Waals surface area contributed by atoms with Crippen LogP contribution >= 0.6 is 11.6 Å². The number of aliphatic carboxylic acids is 2. The van der Waals surface area contributed by atoms with Gasteiger partial charge in [-0.05, 0) is 67.2 Å². The summed E-state index contributed by atoms with van der Waals surface area (Å²) in [6.45, 7) is 5.01. The maximum atomic E-state index is 11.9. The topological polar surface area (TPSA) is 102 Å². The molecule has 2 aliphatic heterocycles. The smallest absolute Gasteiger partial charge is 0.307 e. The lowest BCUT2D eigenvalue weighted by Gasteiger charge is -2.25.